The lowest BCUT2D eigenvalue weighted by molar-refractivity contribution is -0.384. The van der Waals surface area contributed by atoms with Crippen LogP contribution in [0.4, 0.5) is 24.5 Å². The van der Waals surface area contributed by atoms with E-state index >= 15 is 0 Å². The van der Waals surface area contributed by atoms with Gasteiger partial charge in [-0.1, -0.05) is 18.2 Å². The number of benzene rings is 2. The molecule has 0 aliphatic carbocycles. The number of fused-ring (bicyclic) bond motifs is 1. The van der Waals surface area contributed by atoms with Crippen molar-refractivity contribution in [1.29, 1.82) is 0 Å². The predicted molar refractivity (Wildman–Crippen MR) is 122 cm³/mol. The molecule has 0 radical (unpaired) electrons. The Morgan fingerprint density at radius 2 is 2.00 bits per heavy atom. The Morgan fingerprint density at radius 3 is 2.73 bits per heavy atom. The van der Waals surface area contributed by atoms with E-state index in [0.717, 1.165) is 49.5 Å². The number of para-hydroxylation sites is 1. The minimum atomic E-state index is -4.67. The van der Waals surface area contributed by atoms with Crippen LogP contribution >= 0.6 is 0 Å². The molecule has 1 aromatic heterocycles. The molecule has 0 amide bonds. The monoisotopic (exact) mass is 458 g/mol. The molecule has 2 heterocycles. The maximum absolute atomic E-state index is 13.7. The minimum absolute atomic E-state index is 0.0451. The lowest BCUT2D eigenvalue weighted by atomic mass is 9.95. The number of hydrogen-bond donors (Lipinski definition) is 2. The van der Waals surface area contributed by atoms with Crippen LogP contribution in [0.3, 0.4) is 0 Å². The number of aromatic nitrogens is 1. The molecule has 1 aliphatic heterocycles. The van der Waals surface area contributed by atoms with E-state index in [4.69, 9.17) is 0 Å². The van der Waals surface area contributed by atoms with E-state index in [2.05, 4.69) is 15.6 Å². The topological polar surface area (TPSA) is 80.1 Å². The first-order valence-corrected chi connectivity index (χ1v) is 11.0. The minimum Gasteiger partial charge on any atom is -0.384 e. The van der Waals surface area contributed by atoms with Crippen LogP contribution in [0.5, 0.6) is 0 Å². The van der Waals surface area contributed by atoms with Crippen LogP contribution in [-0.4, -0.2) is 29.5 Å². The predicted octanol–water partition coefficient (Wildman–Crippen LogP) is 6.02. The number of halogens is 3. The molecule has 1 aliphatic rings. The molecule has 33 heavy (non-hydrogen) atoms. The molecule has 0 bridgehead atoms. The highest BCUT2D eigenvalue weighted by molar-refractivity contribution is 5.94. The van der Waals surface area contributed by atoms with Crippen LogP contribution in [0, 0.1) is 16.0 Å². The third kappa shape index (κ3) is 5.42. The fourth-order valence-electron chi connectivity index (χ4n) is 4.35. The molecule has 0 saturated carbocycles. The quantitative estimate of drug-likeness (QED) is 0.257. The summed E-state index contributed by atoms with van der Waals surface area (Å²) in [4.78, 5) is 14.9. The van der Waals surface area contributed by atoms with E-state index in [1.807, 2.05) is 12.1 Å². The Labute approximate surface area is 189 Å². The molecule has 1 fully saturated rings. The summed E-state index contributed by atoms with van der Waals surface area (Å²) in [5.74, 6) is 0.643. The van der Waals surface area contributed by atoms with Gasteiger partial charge in [0.05, 0.1) is 21.7 Å². The van der Waals surface area contributed by atoms with Crippen molar-refractivity contribution >= 4 is 22.3 Å². The highest BCUT2D eigenvalue weighted by Crippen LogP contribution is 2.40. The lowest BCUT2D eigenvalue weighted by Crippen LogP contribution is -2.29. The van der Waals surface area contributed by atoms with Crippen LogP contribution in [0.1, 0.15) is 31.2 Å². The molecule has 1 unspecified atom stereocenters. The molecule has 0 spiro atoms. The number of hydrogen-bond acceptors (Lipinski definition) is 5. The van der Waals surface area contributed by atoms with Gasteiger partial charge in [0.2, 0.25) is 0 Å². The van der Waals surface area contributed by atoms with Gasteiger partial charge in [0.25, 0.3) is 5.69 Å². The second-order valence-electron chi connectivity index (χ2n) is 8.34. The number of piperidine rings is 1. The Morgan fingerprint density at radius 1 is 1.18 bits per heavy atom. The zero-order chi connectivity index (χ0) is 23.4. The number of rotatable bonds is 7. The van der Waals surface area contributed by atoms with Crippen LogP contribution in [-0.2, 0) is 6.18 Å². The van der Waals surface area contributed by atoms with E-state index in [1.165, 1.54) is 12.8 Å². The summed E-state index contributed by atoms with van der Waals surface area (Å²) in [6.45, 7) is 2.76. The first-order chi connectivity index (χ1) is 15.8. The van der Waals surface area contributed by atoms with Gasteiger partial charge in [-0.25, -0.2) is 4.98 Å². The van der Waals surface area contributed by atoms with Crippen molar-refractivity contribution in [2.24, 2.45) is 5.92 Å². The fourth-order valence-corrected chi connectivity index (χ4v) is 4.35. The van der Waals surface area contributed by atoms with Gasteiger partial charge in [-0.2, -0.15) is 13.2 Å². The summed E-state index contributed by atoms with van der Waals surface area (Å²) >= 11 is 0. The molecule has 174 valence electrons. The summed E-state index contributed by atoms with van der Waals surface area (Å²) in [6.07, 6.45) is -0.273. The average Bonchev–Trinajstić information content (AvgIpc) is 2.81. The Hall–Kier alpha value is -3.20. The van der Waals surface area contributed by atoms with Crippen molar-refractivity contribution in [3.63, 3.8) is 0 Å². The molecule has 4 rings (SSSR count). The van der Waals surface area contributed by atoms with E-state index < -0.39 is 22.4 Å². The molecule has 3 aromatic rings. The van der Waals surface area contributed by atoms with Crippen LogP contribution in [0.2, 0.25) is 0 Å². The molecule has 6 nitrogen and oxygen atoms in total. The highest BCUT2D eigenvalue weighted by atomic mass is 19.4. The van der Waals surface area contributed by atoms with Crippen molar-refractivity contribution in [3.8, 4) is 11.3 Å². The number of nitro benzene ring substituents is 1. The van der Waals surface area contributed by atoms with Gasteiger partial charge >= 0.3 is 6.18 Å². The largest absolute Gasteiger partial charge is 0.417 e. The molecule has 1 atom stereocenters. The summed E-state index contributed by atoms with van der Waals surface area (Å²) in [5, 5.41) is 18.8. The highest BCUT2D eigenvalue weighted by Gasteiger charge is 2.35. The molecule has 2 aromatic carbocycles. The second-order valence-corrected chi connectivity index (χ2v) is 8.34. The third-order valence-corrected chi connectivity index (χ3v) is 6.02. The third-order valence-electron chi connectivity index (χ3n) is 6.02. The molecule has 9 heteroatoms. The summed E-state index contributed by atoms with van der Waals surface area (Å²) in [7, 11) is 0. The van der Waals surface area contributed by atoms with Crippen molar-refractivity contribution in [3.05, 3.63) is 64.2 Å². The number of non-ortho nitro benzene ring substituents is 1. The van der Waals surface area contributed by atoms with E-state index in [1.54, 1.807) is 18.2 Å². The Balaban J connectivity index is 1.66. The standard InChI is InChI=1S/C24H25F3N4O2/c25-24(26,27)20-10-9-17(31(32)33)13-19(20)23-14-22(18-7-1-2-8-21(18)30-23)29-12-4-6-16-5-3-11-28-15-16/h1-2,7-10,13-14,16,28H,3-6,11-12,15H2,(H,29,30). The number of anilines is 1. The zero-order valence-electron chi connectivity index (χ0n) is 18.0. The van der Waals surface area contributed by atoms with Gasteiger partial charge in [-0.3, -0.25) is 10.1 Å². The average molecular weight is 458 g/mol. The van der Waals surface area contributed by atoms with Gasteiger partial charge in [-0.05, 0) is 62.9 Å². The second kappa shape index (κ2) is 9.74. The van der Waals surface area contributed by atoms with Gasteiger partial charge in [0.15, 0.2) is 0 Å². The number of nitrogens with one attached hydrogen (secondary N) is 2. The van der Waals surface area contributed by atoms with Gasteiger partial charge in [0, 0.05) is 35.3 Å². The number of alkyl halides is 3. The molecule has 2 N–H and O–H groups in total. The molecular formula is C24H25F3N4O2. The first kappa shape index (κ1) is 23.0. The summed E-state index contributed by atoms with van der Waals surface area (Å²) in [5.41, 5.74) is -0.441. The number of nitrogens with zero attached hydrogens (tertiary/aromatic N) is 2. The Bertz CT molecular complexity index is 1140. The fraction of sp³-hybridized carbons (Fsp3) is 0.375. The number of nitro groups is 1. The maximum atomic E-state index is 13.7. The van der Waals surface area contributed by atoms with Gasteiger partial charge in [0.1, 0.15) is 0 Å². The smallest absolute Gasteiger partial charge is 0.384 e. The first-order valence-electron chi connectivity index (χ1n) is 11.0. The summed E-state index contributed by atoms with van der Waals surface area (Å²) < 4.78 is 41.1. The lowest BCUT2D eigenvalue weighted by Gasteiger charge is -2.22. The summed E-state index contributed by atoms with van der Waals surface area (Å²) in [6, 6.07) is 11.3. The van der Waals surface area contributed by atoms with E-state index in [9.17, 15) is 23.3 Å². The van der Waals surface area contributed by atoms with Crippen molar-refractivity contribution in [2.75, 3.05) is 25.0 Å². The van der Waals surface area contributed by atoms with Gasteiger partial charge < -0.3 is 10.6 Å². The molecule has 1 saturated heterocycles. The zero-order valence-corrected chi connectivity index (χ0v) is 18.0. The van der Waals surface area contributed by atoms with Crippen LogP contribution < -0.4 is 10.6 Å². The Kier molecular flexibility index (Phi) is 6.78. The van der Waals surface area contributed by atoms with Crippen LogP contribution in [0.15, 0.2) is 48.5 Å². The van der Waals surface area contributed by atoms with E-state index in [-0.39, 0.29) is 11.3 Å². The van der Waals surface area contributed by atoms with Crippen LogP contribution in [0.25, 0.3) is 22.2 Å². The van der Waals surface area contributed by atoms with Crippen molar-refractivity contribution in [1.82, 2.24) is 10.3 Å². The SMILES string of the molecule is O=[N+]([O-])c1ccc(C(F)(F)F)c(-c2cc(NCCCC3CCCNC3)c3ccccc3n2)c1. The van der Waals surface area contributed by atoms with Crippen molar-refractivity contribution in [2.45, 2.75) is 31.9 Å². The van der Waals surface area contributed by atoms with Gasteiger partial charge in [-0.15, -0.1) is 0 Å². The van der Waals surface area contributed by atoms with Crippen molar-refractivity contribution < 1.29 is 18.1 Å². The molecular weight excluding hydrogens is 433 g/mol. The maximum Gasteiger partial charge on any atom is 0.417 e. The normalized spacial score (nSPS) is 16.6. The number of pyridine rings is 1. The van der Waals surface area contributed by atoms with E-state index in [0.29, 0.717) is 23.7 Å².